The maximum absolute atomic E-state index is 13.2. The quantitative estimate of drug-likeness (QED) is 0.777. The number of nitrogens with zero attached hydrogens (tertiary/aromatic N) is 2. The van der Waals surface area contributed by atoms with E-state index in [-0.39, 0.29) is 17.9 Å². The summed E-state index contributed by atoms with van der Waals surface area (Å²) < 4.78 is 0. The Morgan fingerprint density at radius 3 is 2.43 bits per heavy atom. The molecule has 1 aliphatic heterocycles. The fourth-order valence-electron chi connectivity index (χ4n) is 4.46. The number of carbonyl (C=O) groups excluding carboxylic acids is 2. The molecule has 154 valence electrons. The maximum atomic E-state index is 13.2. The zero-order valence-corrected chi connectivity index (χ0v) is 17.8. The predicted molar refractivity (Wildman–Crippen MR) is 113 cm³/mol. The Balaban J connectivity index is 1.65. The van der Waals surface area contributed by atoms with Crippen molar-refractivity contribution in [2.75, 3.05) is 31.5 Å². The molecule has 1 aromatic carbocycles. The lowest BCUT2D eigenvalue weighted by atomic mass is 9.94. The fraction of sp³-hybridized carbons (Fsp3) is 0.636. The van der Waals surface area contributed by atoms with E-state index in [1.807, 2.05) is 17.0 Å². The summed E-state index contributed by atoms with van der Waals surface area (Å²) in [6.07, 6.45) is 5.18. The Hall–Kier alpha value is -1.59. The van der Waals surface area contributed by atoms with Crippen molar-refractivity contribution in [3.63, 3.8) is 0 Å². The SMILES string of the molecule is CC(C)CC(=O)N1CCN(C(C(=O)Nc2cccc(Cl)c2)C2CCCC2)CC1. The van der Waals surface area contributed by atoms with Crippen molar-refractivity contribution in [3.8, 4) is 0 Å². The molecule has 1 heterocycles. The smallest absolute Gasteiger partial charge is 0.242 e. The van der Waals surface area contributed by atoms with Crippen LogP contribution in [0.5, 0.6) is 0 Å². The Labute approximate surface area is 173 Å². The molecule has 1 saturated carbocycles. The number of hydrogen-bond donors (Lipinski definition) is 1. The number of hydrogen-bond acceptors (Lipinski definition) is 3. The Morgan fingerprint density at radius 1 is 1.14 bits per heavy atom. The van der Waals surface area contributed by atoms with E-state index in [4.69, 9.17) is 11.6 Å². The third kappa shape index (κ3) is 5.48. The van der Waals surface area contributed by atoms with E-state index in [1.165, 1.54) is 12.8 Å². The molecule has 28 heavy (non-hydrogen) atoms. The van der Waals surface area contributed by atoms with Gasteiger partial charge in [0.25, 0.3) is 0 Å². The highest BCUT2D eigenvalue weighted by Gasteiger charge is 2.37. The van der Waals surface area contributed by atoms with Crippen molar-refractivity contribution in [1.82, 2.24) is 9.80 Å². The van der Waals surface area contributed by atoms with Crippen molar-refractivity contribution in [3.05, 3.63) is 29.3 Å². The molecule has 1 unspecified atom stereocenters. The summed E-state index contributed by atoms with van der Waals surface area (Å²) in [7, 11) is 0. The first kappa shape index (κ1) is 21.1. The average molecular weight is 406 g/mol. The predicted octanol–water partition coefficient (Wildman–Crippen LogP) is 4.03. The number of nitrogens with one attached hydrogen (secondary N) is 1. The summed E-state index contributed by atoms with van der Waals surface area (Å²) in [6, 6.07) is 7.18. The molecule has 3 rings (SSSR count). The first-order valence-corrected chi connectivity index (χ1v) is 10.9. The molecule has 1 atom stereocenters. The lowest BCUT2D eigenvalue weighted by Gasteiger charge is -2.41. The molecule has 0 radical (unpaired) electrons. The van der Waals surface area contributed by atoms with Gasteiger partial charge in [-0.05, 0) is 42.9 Å². The minimum Gasteiger partial charge on any atom is -0.340 e. The molecule has 2 amide bonds. The summed E-state index contributed by atoms with van der Waals surface area (Å²) in [5.74, 6) is 1.05. The van der Waals surface area contributed by atoms with E-state index < -0.39 is 0 Å². The molecular formula is C22H32ClN3O2. The number of benzene rings is 1. The highest BCUT2D eigenvalue weighted by molar-refractivity contribution is 6.30. The lowest BCUT2D eigenvalue weighted by Crippen LogP contribution is -2.57. The normalized spacial score (nSPS) is 19.8. The largest absolute Gasteiger partial charge is 0.340 e. The average Bonchev–Trinajstić information content (AvgIpc) is 3.16. The van der Waals surface area contributed by atoms with Gasteiger partial charge in [0.15, 0.2) is 0 Å². The van der Waals surface area contributed by atoms with Crippen LogP contribution in [0.15, 0.2) is 24.3 Å². The van der Waals surface area contributed by atoms with Crippen molar-refractivity contribution in [2.24, 2.45) is 11.8 Å². The third-order valence-corrected chi connectivity index (χ3v) is 6.09. The minimum absolute atomic E-state index is 0.0520. The molecule has 6 heteroatoms. The van der Waals surface area contributed by atoms with Crippen LogP contribution in [-0.2, 0) is 9.59 Å². The standard InChI is InChI=1S/C22H32ClN3O2/c1-16(2)14-20(27)25-10-12-26(13-11-25)21(17-6-3-4-7-17)22(28)24-19-9-5-8-18(23)15-19/h5,8-9,15-17,21H,3-4,6-7,10-14H2,1-2H3,(H,24,28). The molecule has 1 aromatic rings. The molecule has 1 N–H and O–H groups in total. The van der Waals surface area contributed by atoms with Gasteiger partial charge < -0.3 is 10.2 Å². The Kier molecular flexibility index (Phi) is 7.36. The van der Waals surface area contributed by atoms with Crippen molar-refractivity contribution in [2.45, 2.75) is 52.0 Å². The van der Waals surface area contributed by atoms with Gasteiger partial charge in [-0.25, -0.2) is 0 Å². The Bertz CT molecular complexity index is 680. The molecule has 1 saturated heterocycles. The molecular weight excluding hydrogens is 374 g/mol. The molecule has 2 fully saturated rings. The molecule has 2 aliphatic rings. The summed E-state index contributed by atoms with van der Waals surface area (Å²) in [4.78, 5) is 29.8. The second kappa shape index (κ2) is 9.75. The summed E-state index contributed by atoms with van der Waals surface area (Å²) in [6.45, 7) is 7.08. The van der Waals surface area contributed by atoms with E-state index in [0.717, 1.165) is 31.6 Å². The van der Waals surface area contributed by atoms with Crippen LogP contribution in [0.1, 0.15) is 46.0 Å². The van der Waals surface area contributed by atoms with Crippen LogP contribution in [0.4, 0.5) is 5.69 Å². The minimum atomic E-state index is -0.135. The lowest BCUT2D eigenvalue weighted by molar-refractivity contribution is -0.135. The van der Waals surface area contributed by atoms with Crippen LogP contribution in [0.25, 0.3) is 0 Å². The van der Waals surface area contributed by atoms with Gasteiger partial charge in [-0.2, -0.15) is 0 Å². The second-order valence-electron chi connectivity index (χ2n) is 8.50. The van der Waals surface area contributed by atoms with E-state index in [2.05, 4.69) is 24.1 Å². The topological polar surface area (TPSA) is 52.7 Å². The van der Waals surface area contributed by atoms with Crippen molar-refractivity contribution >= 4 is 29.1 Å². The van der Waals surface area contributed by atoms with Crippen LogP contribution < -0.4 is 5.32 Å². The molecule has 1 aliphatic carbocycles. The molecule has 5 nitrogen and oxygen atoms in total. The first-order valence-electron chi connectivity index (χ1n) is 10.5. The zero-order valence-electron chi connectivity index (χ0n) is 17.0. The van der Waals surface area contributed by atoms with Crippen molar-refractivity contribution in [1.29, 1.82) is 0 Å². The van der Waals surface area contributed by atoms with Gasteiger partial charge in [0.2, 0.25) is 11.8 Å². The highest BCUT2D eigenvalue weighted by atomic mass is 35.5. The van der Waals surface area contributed by atoms with Gasteiger partial charge >= 0.3 is 0 Å². The fourth-order valence-corrected chi connectivity index (χ4v) is 4.65. The van der Waals surface area contributed by atoms with Crippen LogP contribution in [0.2, 0.25) is 5.02 Å². The van der Waals surface area contributed by atoms with Gasteiger partial charge in [-0.15, -0.1) is 0 Å². The summed E-state index contributed by atoms with van der Waals surface area (Å²) in [5.41, 5.74) is 0.742. The highest BCUT2D eigenvalue weighted by Crippen LogP contribution is 2.32. The summed E-state index contributed by atoms with van der Waals surface area (Å²) >= 11 is 6.07. The van der Waals surface area contributed by atoms with Crippen LogP contribution in [0.3, 0.4) is 0 Å². The van der Waals surface area contributed by atoms with Gasteiger partial charge in [0, 0.05) is 43.3 Å². The zero-order chi connectivity index (χ0) is 20.1. The van der Waals surface area contributed by atoms with Crippen molar-refractivity contribution < 1.29 is 9.59 Å². The molecule has 0 aromatic heterocycles. The Morgan fingerprint density at radius 2 is 1.82 bits per heavy atom. The maximum Gasteiger partial charge on any atom is 0.242 e. The molecule has 0 bridgehead atoms. The summed E-state index contributed by atoms with van der Waals surface area (Å²) in [5, 5.41) is 3.69. The van der Waals surface area contributed by atoms with Crippen LogP contribution >= 0.6 is 11.6 Å². The van der Waals surface area contributed by atoms with E-state index >= 15 is 0 Å². The second-order valence-corrected chi connectivity index (χ2v) is 8.94. The third-order valence-electron chi connectivity index (χ3n) is 5.85. The number of carbonyl (C=O) groups is 2. The van der Waals surface area contributed by atoms with E-state index in [1.54, 1.807) is 12.1 Å². The number of anilines is 1. The monoisotopic (exact) mass is 405 g/mol. The number of rotatable bonds is 6. The first-order chi connectivity index (χ1) is 13.4. The number of piperazine rings is 1. The van der Waals surface area contributed by atoms with Gasteiger partial charge in [-0.1, -0.05) is 44.4 Å². The van der Waals surface area contributed by atoms with Gasteiger partial charge in [0.1, 0.15) is 0 Å². The van der Waals surface area contributed by atoms with E-state index in [0.29, 0.717) is 36.4 Å². The molecule has 0 spiro atoms. The van der Waals surface area contributed by atoms with Gasteiger partial charge in [-0.3, -0.25) is 14.5 Å². The van der Waals surface area contributed by atoms with Crippen LogP contribution in [-0.4, -0.2) is 53.8 Å². The van der Waals surface area contributed by atoms with Gasteiger partial charge in [0.05, 0.1) is 6.04 Å². The number of halogens is 1. The number of amides is 2. The van der Waals surface area contributed by atoms with E-state index in [9.17, 15) is 9.59 Å². The van der Waals surface area contributed by atoms with Crippen LogP contribution in [0, 0.1) is 11.8 Å².